The van der Waals surface area contributed by atoms with Gasteiger partial charge in [0.05, 0.1) is 37.0 Å². The first-order valence-electron chi connectivity index (χ1n) is 12.3. The lowest BCUT2D eigenvalue weighted by Crippen LogP contribution is -2.77. The predicted molar refractivity (Wildman–Crippen MR) is 120 cm³/mol. The van der Waals surface area contributed by atoms with Crippen LogP contribution in [-0.2, 0) is 4.74 Å². The van der Waals surface area contributed by atoms with E-state index in [1.165, 1.54) is 12.4 Å². The number of rotatable bonds is 4. The number of ether oxygens (including phenoxy) is 1. The van der Waals surface area contributed by atoms with Gasteiger partial charge in [-0.15, -0.1) is 13.2 Å². The summed E-state index contributed by atoms with van der Waals surface area (Å²) in [7, 11) is 0. The zero-order chi connectivity index (χ0) is 27.0. The Morgan fingerprint density at radius 2 is 1.95 bits per heavy atom. The van der Waals surface area contributed by atoms with Gasteiger partial charge in [0.25, 0.3) is 0 Å². The second kappa shape index (κ2) is 8.78. The van der Waals surface area contributed by atoms with Crippen molar-refractivity contribution >= 4 is 12.2 Å². The number of alkyl halides is 6. The van der Waals surface area contributed by atoms with Gasteiger partial charge >= 0.3 is 12.5 Å². The molecule has 0 aromatic carbocycles. The summed E-state index contributed by atoms with van der Waals surface area (Å²) in [4.78, 5) is 13.0. The molecule has 9 nitrogen and oxygen atoms in total. The number of aliphatic imine (C=N–C) groups is 1. The molecule has 2 aliphatic carbocycles. The standard InChI is InChI=1S/C23H26F6N6O3/c24-22(25,26)13-1-4-21(5-2-13)34-11-32-19-16(20(34)35(21)14-3-6-30-8-14)31-10-33(19)15-7-12(17(36)18(15)37)9-38-23(27,28)29/h1-2,4,10-12,14-15,17-18,20,30,36-37H,3,5-9H2/t12-,14+,15-,17-,18+,20?,21?/m1/s1. The van der Waals surface area contributed by atoms with Crippen LogP contribution in [0.15, 0.2) is 35.1 Å². The largest absolute Gasteiger partial charge is 0.522 e. The molecule has 3 fully saturated rings. The summed E-state index contributed by atoms with van der Waals surface area (Å²) in [5, 5.41) is 24.3. The maximum Gasteiger partial charge on any atom is 0.522 e. The van der Waals surface area contributed by atoms with Crippen LogP contribution in [0.3, 0.4) is 0 Å². The molecular weight excluding hydrogens is 522 g/mol. The summed E-state index contributed by atoms with van der Waals surface area (Å²) in [5.74, 6) is -0.564. The number of aliphatic hydroxyl groups is 2. The lowest BCUT2D eigenvalue weighted by molar-refractivity contribution is -0.329. The number of hydrogen-bond acceptors (Lipinski definition) is 8. The molecule has 1 aromatic rings. The molecule has 3 N–H and O–H groups in total. The summed E-state index contributed by atoms with van der Waals surface area (Å²) >= 11 is 0. The number of aliphatic hydroxyl groups excluding tert-OH is 2. The average Bonchev–Trinajstić information content (AvgIpc) is 3.57. The number of allylic oxidation sites excluding steroid dienone is 2. The third kappa shape index (κ3) is 3.97. The lowest BCUT2D eigenvalue weighted by atomic mass is 9.84. The van der Waals surface area contributed by atoms with E-state index in [1.54, 1.807) is 17.0 Å². The van der Waals surface area contributed by atoms with Crippen LogP contribution >= 0.6 is 0 Å². The second-order valence-electron chi connectivity index (χ2n) is 10.3. The van der Waals surface area contributed by atoms with Crippen LogP contribution in [0.4, 0.5) is 32.2 Å². The van der Waals surface area contributed by atoms with Crippen LogP contribution in [0, 0.1) is 5.92 Å². The molecule has 38 heavy (non-hydrogen) atoms. The highest BCUT2D eigenvalue weighted by atomic mass is 19.4. The summed E-state index contributed by atoms with van der Waals surface area (Å²) < 4.78 is 82.9. The fraction of sp³-hybridized carbons (Fsp3) is 0.652. The normalized spacial score (nSPS) is 36.9. The molecule has 1 saturated carbocycles. The molecule has 6 rings (SSSR count). The van der Waals surface area contributed by atoms with E-state index in [-0.39, 0.29) is 18.9 Å². The van der Waals surface area contributed by atoms with Gasteiger partial charge in [0.15, 0.2) is 5.82 Å². The van der Waals surface area contributed by atoms with Crippen LogP contribution < -0.4 is 5.32 Å². The molecule has 2 saturated heterocycles. The molecule has 2 unspecified atom stereocenters. The van der Waals surface area contributed by atoms with Crippen molar-refractivity contribution in [3.63, 3.8) is 0 Å². The molecule has 0 radical (unpaired) electrons. The van der Waals surface area contributed by atoms with Gasteiger partial charge < -0.3 is 25.0 Å². The maximum atomic E-state index is 13.3. The van der Waals surface area contributed by atoms with Crippen LogP contribution in [0.5, 0.6) is 0 Å². The van der Waals surface area contributed by atoms with Crippen molar-refractivity contribution in [2.45, 2.75) is 67.9 Å². The molecule has 1 spiro atoms. The Kier molecular flexibility index (Phi) is 5.96. The highest BCUT2D eigenvalue weighted by Crippen LogP contribution is 2.56. The molecule has 208 valence electrons. The van der Waals surface area contributed by atoms with Crippen molar-refractivity contribution in [3.05, 3.63) is 35.8 Å². The molecule has 3 aliphatic heterocycles. The zero-order valence-electron chi connectivity index (χ0n) is 19.9. The Hall–Kier alpha value is -2.46. The number of nitrogens with zero attached hydrogens (tertiary/aromatic N) is 5. The van der Waals surface area contributed by atoms with E-state index in [9.17, 15) is 36.6 Å². The summed E-state index contributed by atoms with van der Waals surface area (Å²) in [6.45, 7) is 0.622. The van der Waals surface area contributed by atoms with Gasteiger partial charge in [-0.3, -0.25) is 4.74 Å². The first-order chi connectivity index (χ1) is 17.9. The number of nitrogens with one attached hydrogen (secondary N) is 1. The van der Waals surface area contributed by atoms with Crippen molar-refractivity contribution in [1.29, 1.82) is 0 Å². The van der Waals surface area contributed by atoms with Crippen LogP contribution in [-0.4, -0.2) is 92.1 Å². The number of halogens is 6. The summed E-state index contributed by atoms with van der Waals surface area (Å²) in [6.07, 6.45) is -4.80. The third-order valence-corrected chi connectivity index (χ3v) is 8.26. The first kappa shape index (κ1) is 25.8. The van der Waals surface area contributed by atoms with E-state index < -0.39 is 60.7 Å². The maximum absolute atomic E-state index is 13.3. The molecule has 0 bridgehead atoms. The molecule has 5 aliphatic rings. The molecule has 1 aromatic heterocycles. The van der Waals surface area contributed by atoms with E-state index >= 15 is 0 Å². The van der Waals surface area contributed by atoms with Crippen molar-refractivity contribution in [3.8, 4) is 0 Å². The Morgan fingerprint density at radius 3 is 2.58 bits per heavy atom. The van der Waals surface area contributed by atoms with Gasteiger partial charge in [0.2, 0.25) is 0 Å². The molecule has 15 heteroatoms. The molecular formula is C23H26F6N6O3. The minimum absolute atomic E-state index is 0.0130. The fourth-order valence-corrected chi connectivity index (χ4v) is 6.45. The van der Waals surface area contributed by atoms with Gasteiger partial charge in [0.1, 0.15) is 23.6 Å². The van der Waals surface area contributed by atoms with Crippen LogP contribution in [0.2, 0.25) is 0 Å². The van der Waals surface area contributed by atoms with Crippen LogP contribution in [0.1, 0.15) is 37.2 Å². The minimum Gasteiger partial charge on any atom is -0.390 e. The smallest absolute Gasteiger partial charge is 0.390 e. The van der Waals surface area contributed by atoms with Crippen molar-refractivity contribution < 1.29 is 41.3 Å². The van der Waals surface area contributed by atoms with Crippen molar-refractivity contribution in [2.75, 3.05) is 19.7 Å². The van der Waals surface area contributed by atoms with Gasteiger partial charge in [-0.1, -0.05) is 12.2 Å². The lowest BCUT2D eigenvalue weighted by Gasteiger charge is -2.67. The molecule has 0 amide bonds. The van der Waals surface area contributed by atoms with Crippen LogP contribution in [0.25, 0.3) is 0 Å². The topological polar surface area (TPSA) is 98.4 Å². The SMILES string of the molecule is O[C@@H]1[C@@H](COC(F)(F)F)C[C@@H](n2cnc3c2N=CN2C3N([C@H]3CCNC3)C23C=CC(C(F)(F)F)=CC3)[C@@H]1O. The zero-order valence-corrected chi connectivity index (χ0v) is 19.9. The summed E-state index contributed by atoms with van der Waals surface area (Å²) in [5.41, 5.74) is -1.02. The molecule has 4 heterocycles. The molecule has 7 atom stereocenters. The van der Waals surface area contributed by atoms with E-state index in [0.29, 0.717) is 18.1 Å². The Balaban J connectivity index is 1.29. The van der Waals surface area contributed by atoms with Gasteiger partial charge in [-0.2, -0.15) is 13.2 Å². The number of aromatic nitrogens is 2. The minimum atomic E-state index is -4.85. The Bertz CT molecular complexity index is 1180. The van der Waals surface area contributed by atoms with E-state index in [2.05, 4.69) is 24.9 Å². The number of fused-ring (bicyclic) bond motifs is 4. The van der Waals surface area contributed by atoms with Crippen molar-refractivity contribution in [1.82, 2.24) is 24.7 Å². The fourth-order valence-electron chi connectivity index (χ4n) is 6.45. The van der Waals surface area contributed by atoms with Gasteiger partial charge in [-0.25, -0.2) is 14.9 Å². The quantitative estimate of drug-likeness (QED) is 0.498. The first-order valence-corrected chi connectivity index (χ1v) is 12.3. The van der Waals surface area contributed by atoms with Gasteiger partial charge in [-0.05, 0) is 25.5 Å². The second-order valence-corrected chi connectivity index (χ2v) is 10.3. The Morgan fingerprint density at radius 1 is 1.16 bits per heavy atom. The predicted octanol–water partition coefficient (Wildman–Crippen LogP) is 2.50. The van der Waals surface area contributed by atoms with Gasteiger partial charge in [0, 0.05) is 24.9 Å². The highest BCUT2D eigenvalue weighted by molar-refractivity contribution is 5.70. The third-order valence-electron chi connectivity index (χ3n) is 8.26. The monoisotopic (exact) mass is 548 g/mol. The van der Waals surface area contributed by atoms with E-state index in [1.807, 2.05) is 4.90 Å². The van der Waals surface area contributed by atoms with Crippen molar-refractivity contribution in [2.24, 2.45) is 10.9 Å². The average molecular weight is 548 g/mol. The Labute approximate surface area is 213 Å². The summed E-state index contributed by atoms with van der Waals surface area (Å²) in [6, 6.07) is -0.761. The van der Waals surface area contributed by atoms with E-state index in [4.69, 9.17) is 0 Å². The van der Waals surface area contributed by atoms with E-state index in [0.717, 1.165) is 19.0 Å². The number of imidazole rings is 1. The highest BCUT2D eigenvalue weighted by Gasteiger charge is 2.62. The number of hydrogen-bond donors (Lipinski definition) is 3.